The number of nitroso groups, excluding NO2 is 1. The van der Waals surface area contributed by atoms with Crippen molar-refractivity contribution in [2.24, 2.45) is 32.4 Å². The van der Waals surface area contributed by atoms with Crippen LogP contribution in [-0.4, -0.2) is 73.7 Å². The highest BCUT2D eigenvalue weighted by atomic mass is 79.9. The predicted molar refractivity (Wildman–Crippen MR) is 192 cm³/mol. The first-order valence-corrected chi connectivity index (χ1v) is 16.2. The van der Waals surface area contributed by atoms with Gasteiger partial charge in [0.2, 0.25) is 5.91 Å². The minimum absolute atomic E-state index is 0.0146. The summed E-state index contributed by atoms with van der Waals surface area (Å²) in [4.78, 5) is 84.2. The fourth-order valence-electron chi connectivity index (χ4n) is 4.80. The molecule has 3 amide bonds. The summed E-state index contributed by atoms with van der Waals surface area (Å²) in [7, 11) is 1.16. The van der Waals surface area contributed by atoms with Gasteiger partial charge in [-0.1, -0.05) is 46.3 Å². The molecule has 3 aromatic rings. The third-order valence-electron chi connectivity index (χ3n) is 7.33. The van der Waals surface area contributed by atoms with E-state index in [1.165, 1.54) is 12.1 Å². The molecule has 0 spiro atoms. The fraction of sp³-hybridized carbons (Fsp3) is 0.303. The molecule has 2 atom stereocenters. The summed E-state index contributed by atoms with van der Waals surface area (Å²) >= 11 is 3.30. The first-order chi connectivity index (χ1) is 23.9. The van der Waals surface area contributed by atoms with Crippen LogP contribution in [0.1, 0.15) is 52.8 Å². The summed E-state index contributed by atoms with van der Waals surface area (Å²) in [5.74, 6) is -4.75. The topological polar surface area (TPSA) is 263 Å². The second-order valence-electron chi connectivity index (χ2n) is 10.9. The Morgan fingerprint density at radius 1 is 0.820 bits per heavy atom. The summed E-state index contributed by atoms with van der Waals surface area (Å²) in [5.41, 5.74) is 16.3. The number of rotatable bonds is 17. The van der Waals surface area contributed by atoms with Crippen LogP contribution in [0, 0.1) is 4.91 Å². The summed E-state index contributed by atoms with van der Waals surface area (Å²) < 4.78 is 5.28. The van der Waals surface area contributed by atoms with E-state index in [2.05, 4.69) is 47.0 Å². The Labute approximate surface area is 295 Å². The number of carbonyl (C=O) groups excluding carboxylic acids is 5. The number of guanidine groups is 2. The number of halogens is 1. The molecular formula is C33H38BrN9O7. The lowest BCUT2D eigenvalue weighted by Crippen LogP contribution is -2.53. The van der Waals surface area contributed by atoms with E-state index < -0.39 is 47.5 Å². The zero-order valence-corrected chi connectivity index (χ0v) is 28.8. The van der Waals surface area contributed by atoms with Crippen molar-refractivity contribution in [3.8, 4) is 0 Å². The van der Waals surface area contributed by atoms with E-state index in [0.717, 1.165) is 17.9 Å². The van der Waals surface area contributed by atoms with Crippen molar-refractivity contribution in [3.63, 3.8) is 0 Å². The van der Waals surface area contributed by atoms with E-state index in [1.54, 1.807) is 24.3 Å². The summed E-state index contributed by atoms with van der Waals surface area (Å²) in [6.45, 7) is 0.304. The average molecular weight is 753 g/mol. The van der Waals surface area contributed by atoms with Gasteiger partial charge in [-0.25, -0.2) is 9.79 Å². The van der Waals surface area contributed by atoms with E-state index >= 15 is 0 Å². The van der Waals surface area contributed by atoms with E-state index in [9.17, 15) is 28.9 Å². The second kappa shape index (κ2) is 19.3. The Balaban J connectivity index is 1.80. The van der Waals surface area contributed by atoms with E-state index in [1.807, 2.05) is 24.3 Å². The number of amides is 3. The van der Waals surface area contributed by atoms with Gasteiger partial charge in [-0.05, 0) is 73.2 Å². The van der Waals surface area contributed by atoms with Crippen LogP contribution in [0.3, 0.4) is 0 Å². The molecule has 0 aliphatic rings. The smallest absolute Gasteiger partial charge is 0.328 e. The van der Waals surface area contributed by atoms with Crippen LogP contribution in [0.25, 0.3) is 10.8 Å². The summed E-state index contributed by atoms with van der Waals surface area (Å²) in [6.07, 6.45) is 1.08. The van der Waals surface area contributed by atoms with Gasteiger partial charge >= 0.3 is 5.97 Å². The molecule has 50 heavy (non-hydrogen) atoms. The molecule has 0 saturated heterocycles. The molecule has 0 radical (unpaired) electrons. The van der Waals surface area contributed by atoms with Crippen LogP contribution < -0.4 is 33.2 Å². The lowest BCUT2D eigenvalue weighted by atomic mass is 10.0. The first-order valence-electron chi connectivity index (χ1n) is 15.4. The van der Waals surface area contributed by atoms with Crippen molar-refractivity contribution in [2.75, 3.05) is 25.5 Å². The molecule has 0 fully saturated rings. The maximum atomic E-state index is 13.6. The number of fused-ring (bicyclic) bond motifs is 1. The van der Waals surface area contributed by atoms with Crippen LogP contribution in [0.2, 0.25) is 0 Å². The summed E-state index contributed by atoms with van der Waals surface area (Å²) in [6, 6.07) is 14.7. The number of ketones is 1. The van der Waals surface area contributed by atoms with E-state index in [0.29, 0.717) is 29.3 Å². The number of methoxy groups -OCH3 is 1. The van der Waals surface area contributed by atoms with Gasteiger partial charge in [0.15, 0.2) is 5.96 Å². The quantitative estimate of drug-likeness (QED) is 0.0223. The molecule has 0 heterocycles. The van der Waals surface area contributed by atoms with Crippen molar-refractivity contribution < 1.29 is 28.7 Å². The third-order valence-corrected chi connectivity index (χ3v) is 7.82. The monoisotopic (exact) mass is 751 g/mol. The van der Waals surface area contributed by atoms with E-state index in [4.69, 9.17) is 21.9 Å². The molecule has 2 unspecified atom stereocenters. The number of hydrogen-bond donors (Lipinski definition) is 6. The zero-order chi connectivity index (χ0) is 36.6. The average Bonchev–Trinajstić information content (AvgIpc) is 3.11. The van der Waals surface area contributed by atoms with Gasteiger partial charge < -0.3 is 37.9 Å². The number of esters is 1. The molecule has 3 aromatic carbocycles. The number of nitrogens with zero attached hydrogens (tertiary/aromatic N) is 3. The Morgan fingerprint density at radius 2 is 1.52 bits per heavy atom. The molecule has 264 valence electrons. The van der Waals surface area contributed by atoms with Gasteiger partial charge in [0.25, 0.3) is 23.6 Å². The van der Waals surface area contributed by atoms with Crippen molar-refractivity contribution >= 4 is 73.8 Å². The maximum absolute atomic E-state index is 13.6. The number of hydrogen-bond acceptors (Lipinski definition) is 9. The first kappa shape index (κ1) is 38.7. The van der Waals surface area contributed by atoms with Gasteiger partial charge in [-0.15, -0.1) is 4.91 Å². The molecule has 0 aliphatic heterocycles. The number of carbonyl (C=O) groups is 5. The standard InChI is InChI=1S/C33H38BrN9O7/c1-50-31(48)26(10-6-16-38-32(35)36)42-29(46)25(9-4-5-15-39-33(37)43-49)41-30(47)27(44)23-18-22(34)13-14-24(23)40-28(45)21-12-11-19-7-2-3-8-20(19)17-21/h2-3,7-8,11-14,17-18,25-26H,4-6,9-10,15-16H2,1H3,(H2,37,39)(H,40,45)(H,41,47)(H,42,46)(H4,35,36,38). The molecule has 0 aromatic heterocycles. The number of benzene rings is 3. The van der Waals surface area contributed by atoms with Crippen molar-refractivity contribution in [1.82, 2.24) is 10.6 Å². The molecule has 0 aliphatic carbocycles. The molecule has 16 nitrogen and oxygen atoms in total. The highest BCUT2D eigenvalue weighted by Crippen LogP contribution is 2.24. The molecule has 0 saturated carbocycles. The Morgan fingerprint density at radius 3 is 2.22 bits per heavy atom. The highest BCUT2D eigenvalue weighted by Gasteiger charge is 2.30. The number of aliphatic imine (C=N–C) groups is 2. The van der Waals surface area contributed by atoms with Crippen molar-refractivity contribution in [3.05, 3.63) is 81.2 Å². The highest BCUT2D eigenvalue weighted by molar-refractivity contribution is 9.10. The lowest BCUT2D eigenvalue weighted by molar-refractivity contribution is -0.145. The molecule has 3 rings (SSSR count). The van der Waals surface area contributed by atoms with Crippen LogP contribution in [0.5, 0.6) is 0 Å². The second-order valence-corrected chi connectivity index (χ2v) is 11.8. The molecule has 0 bridgehead atoms. The van der Waals surface area contributed by atoms with Gasteiger partial charge in [-0.2, -0.15) is 0 Å². The molecule has 17 heteroatoms. The predicted octanol–water partition coefficient (Wildman–Crippen LogP) is 2.48. The summed E-state index contributed by atoms with van der Waals surface area (Å²) in [5, 5.41) is 12.0. The number of nitrogens with two attached hydrogens (primary N) is 3. The van der Waals surface area contributed by atoms with E-state index in [-0.39, 0.29) is 43.1 Å². The Kier molecular flexibility index (Phi) is 15.0. The third kappa shape index (κ3) is 11.8. The fourth-order valence-corrected chi connectivity index (χ4v) is 5.16. The number of nitrogens with one attached hydrogen (secondary N) is 3. The number of ether oxygens (including phenoxy) is 1. The molecule has 9 N–H and O–H groups in total. The Bertz CT molecular complexity index is 1790. The zero-order valence-electron chi connectivity index (χ0n) is 27.2. The largest absolute Gasteiger partial charge is 0.467 e. The number of unbranched alkanes of at least 4 members (excludes halogenated alkanes) is 1. The van der Waals surface area contributed by atoms with Crippen LogP contribution in [-0.2, 0) is 19.1 Å². The van der Waals surface area contributed by atoms with Crippen LogP contribution in [0.4, 0.5) is 5.69 Å². The Hall–Kier alpha value is -5.71. The van der Waals surface area contributed by atoms with Crippen molar-refractivity contribution in [1.29, 1.82) is 0 Å². The van der Waals surface area contributed by atoms with Gasteiger partial charge in [0.1, 0.15) is 12.1 Å². The minimum Gasteiger partial charge on any atom is -0.467 e. The number of anilines is 1. The van der Waals surface area contributed by atoms with Crippen molar-refractivity contribution in [2.45, 2.75) is 44.2 Å². The SMILES string of the molecule is COC(=O)C(CCCN=C(N)N)NC(=O)C(CCCCN=C(N)N=O)NC(=O)C(=O)c1cc(Br)ccc1NC(=O)c1ccc2ccccc2c1. The van der Waals surface area contributed by atoms with Gasteiger partial charge in [0.05, 0.1) is 18.4 Å². The normalized spacial score (nSPS) is 12.2. The van der Waals surface area contributed by atoms with Gasteiger partial charge in [0, 0.05) is 28.3 Å². The van der Waals surface area contributed by atoms with Crippen LogP contribution in [0.15, 0.2) is 80.3 Å². The van der Waals surface area contributed by atoms with Crippen LogP contribution >= 0.6 is 15.9 Å². The van der Waals surface area contributed by atoms with Gasteiger partial charge in [-0.3, -0.25) is 24.2 Å². The molecular weight excluding hydrogens is 714 g/mol. The minimum atomic E-state index is -1.29. The maximum Gasteiger partial charge on any atom is 0.328 e. The number of Topliss-reactive ketones (excluding diaryl/α,β-unsaturated/α-hetero) is 1. The lowest BCUT2D eigenvalue weighted by Gasteiger charge is -2.22.